The van der Waals surface area contributed by atoms with Crippen molar-refractivity contribution in [1.29, 1.82) is 0 Å². The molecule has 336 valence electrons. The van der Waals surface area contributed by atoms with Crippen LogP contribution in [-0.4, -0.2) is 36.4 Å². The second-order valence-corrected chi connectivity index (χ2v) is 17.3. The molecule has 0 fully saturated rings. The van der Waals surface area contributed by atoms with Gasteiger partial charge in [0.2, 0.25) is 0 Å². The Morgan fingerprint density at radius 2 is 0.702 bits per heavy atom. The molecule has 0 bridgehead atoms. The first-order chi connectivity index (χ1) is 28.1. The fourth-order valence-corrected chi connectivity index (χ4v) is 7.65. The van der Waals surface area contributed by atoms with E-state index >= 15 is 0 Å². The van der Waals surface area contributed by atoms with Crippen molar-refractivity contribution in [3.8, 4) is 0 Å². The van der Waals surface area contributed by atoms with Gasteiger partial charge in [0, 0.05) is 12.8 Å². The van der Waals surface area contributed by atoms with Gasteiger partial charge in [-0.25, -0.2) is 0 Å². The summed E-state index contributed by atoms with van der Waals surface area (Å²) in [5, 5.41) is 9.61. The van der Waals surface area contributed by atoms with E-state index in [9.17, 15) is 14.7 Å². The number of rotatable bonds is 47. The molecule has 0 aliphatic rings. The Morgan fingerprint density at radius 3 is 1.07 bits per heavy atom. The van der Waals surface area contributed by atoms with E-state index in [1.807, 2.05) is 0 Å². The van der Waals surface area contributed by atoms with Crippen molar-refractivity contribution in [2.24, 2.45) is 0 Å². The number of esters is 2. The molecule has 0 aliphatic heterocycles. The third-order valence-corrected chi connectivity index (χ3v) is 11.5. The number of hydrogen-bond donors (Lipinski definition) is 1. The second kappa shape index (κ2) is 48.7. The summed E-state index contributed by atoms with van der Waals surface area (Å²) < 4.78 is 10.7. The van der Waals surface area contributed by atoms with Crippen LogP contribution in [0.4, 0.5) is 0 Å². The van der Waals surface area contributed by atoms with Gasteiger partial charge in [0.15, 0.2) is 6.10 Å². The number of carbonyl (C=O) groups excluding carboxylic acids is 2. The number of allylic oxidation sites excluding steroid dienone is 4. The van der Waals surface area contributed by atoms with Crippen LogP contribution in [-0.2, 0) is 19.1 Å². The zero-order valence-electron chi connectivity index (χ0n) is 38.4. The lowest BCUT2D eigenvalue weighted by atomic mass is 10.0. The molecule has 5 heteroatoms. The van der Waals surface area contributed by atoms with Crippen LogP contribution in [0.15, 0.2) is 24.3 Å². The van der Waals surface area contributed by atoms with Gasteiger partial charge >= 0.3 is 11.9 Å². The summed E-state index contributed by atoms with van der Waals surface area (Å²) >= 11 is 0. The average molecular weight is 803 g/mol. The third kappa shape index (κ3) is 46.9. The van der Waals surface area contributed by atoms with Crippen LogP contribution in [0.3, 0.4) is 0 Å². The van der Waals surface area contributed by atoms with Crippen molar-refractivity contribution in [2.45, 2.75) is 283 Å². The van der Waals surface area contributed by atoms with Gasteiger partial charge in [-0.3, -0.25) is 9.59 Å². The number of aliphatic hydroxyl groups excluding tert-OH is 1. The molecule has 0 aliphatic carbocycles. The first-order valence-electron chi connectivity index (χ1n) is 25.4. The van der Waals surface area contributed by atoms with E-state index in [2.05, 4.69) is 38.2 Å². The number of unbranched alkanes of at least 4 members (excludes halogenated alkanes) is 35. The highest BCUT2D eigenvalue weighted by atomic mass is 16.6. The highest BCUT2D eigenvalue weighted by molar-refractivity contribution is 5.70. The minimum Gasteiger partial charge on any atom is -0.462 e. The zero-order chi connectivity index (χ0) is 41.4. The SMILES string of the molecule is CCCCC/C=C\C/C=C\CCCCCCCCCC(=O)OC(CO)COC(=O)CCCCCCCCCCCCCCCCCCCCCCCCCCCC. The van der Waals surface area contributed by atoms with Gasteiger partial charge in [0.25, 0.3) is 0 Å². The summed E-state index contributed by atoms with van der Waals surface area (Å²) in [4.78, 5) is 24.4. The Bertz CT molecular complexity index is 867. The smallest absolute Gasteiger partial charge is 0.306 e. The van der Waals surface area contributed by atoms with Gasteiger partial charge < -0.3 is 14.6 Å². The maximum absolute atomic E-state index is 12.2. The first kappa shape index (κ1) is 55.4. The maximum Gasteiger partial charge on any atom is 0.306 e. The van der Waals surface area contributed by atoms with E-state index in [0.717, 1.165) is 44.9 Å². The Labute approximate surface area is 355 Å². The van der Waals surface area contributed by atoms with Crippen molar-refractivity contribution in [3.05, 3.63) is 24.3 Å². The standard InChI is InChI=1S/C52H98O5/c1-3-5-7-9-11-13-15-17-19-21-22-23-24-25-26-27-28-29-31-32-34-36-38-40-42-44-46-51(54)56-49-50(48-53)57-52(55)47-45-43-41-39-37-35-33-30-20-18-16-14-12-10-8-6-4-2/h12,14,18,20,50,53H,3-11,13,15-17,19,21-49H2,1-2H3/b14-12-,20-18-. The fourth-order valence-electron chi connectivity index (χ4n) is 7.65. The summed E-state index contributed by atoms with van der Waals surface area (Å²) in [6, 6.07) is 0. The molecule has 0 spiro atoms. The number of carbonyl (C=O) groups is 2. The molecule has 1 unspecified atom stereocenters. The summed E-state index contributed by atoms with van der Waals surface area (Å²) in [5.41, 5.74) is 0. The lowest BCUT2D eigenvalue weighted by Crippen LogP contribution is -2.28. The number of ether oxygens (including phenoxy) is 2. The monoisotopic (exact) mass is 803 g/mol. The van der Waals surface area contributed by atoms with Gasteiger partial charge in [-0.05, 0) is 44.9 Å². The van der Waals surface area contributed by atoms with Gasteiger partial charge in [-0.15, -0.1) is 0 Å². The molecule has 0 heterocycles. The molecule has 0 saturated carbocycles. The molecular weight excluding hydrogens is 705 g/mol. The predicted octanol–water partition coefficient (Wildman–Crippen LogP) is 16.6. The normalized spacial score (nSPS) is 12.3. The molecular formula is C52H98O5. The van der Waals surface area contributed by atoms with Crippen LogP contribution in [0.2, 0.25) is 0 Å². The Kier molecular flexibility index (Phi) is 47.4. The van der Waals surface area contributed by atoms with Crippen LogP contribution in [0.5, 0.6) is 0 Å². The average Bonchev–Trinajstić information content (AvgIpc) is 3.21. The van der Waals surface area contributed by atoms with E-state index in [-0.39, 0.29) is 25.2 Å². The lowest BCUT2D eigenvalue weighted by Gasteiger charge is -2.15. The molecule has 5 nitrogen and oxygen atoms in total. The van der Waals surface area contributed by atoms with Gasteiger partial charge in [-0.1, -0.05) is 244 Å². The maximum atomic E-state index is 12.2. The largest absolute Gasteiger partial charge is 0.462 e. The zero-order valence-corrected chi connectivity index (χ0v) is 38.4. The minimum absolute atomic E-state index is 0.0640. The minimum atomic E-state index is -0.772. The van der Waals surface area contributed by atoms with Crippen molar-refractivity contribution >= 4 is 11.9 Å². The summed E-state index contributed by atoms with van der Waals surface area (Å²) in [5.74, 6) is -0.585. The second-order valence-electron chi connectivity index (χ2n) is 17.3. The molecule has 57 heavy (non-hydrogen) atoms. The quantitative estimate of drug-likeness (QED) is 0.0377. The lowest BCUT2D eigenvalue weighted by molar-refractivity contribution is -0.161. The first-order valence-corrected chi connectivity index (χ1v) is 25.4. The number of aliphatic hydroxyl groups is 1. The molecule has 0 saturated heterocycles. The summed E-state index contributed by atoms with van der Waals surface area (Å²) in [7, 11) is 0. The van der Waals surface area contributed by atoms with Gasteiger partial charge in [0.1, 0.15) is 6.61 Å². The van der Waals surface area contributed by atoms with Crippen molar-refractivity contribution in [1.82, 2.24) is 0 Å². The summed E-state index contributed by atoms with van der Waals surface area (Å²) in [6.07, 6.45) is 59.9. The van der Waals surface area contributed by atoms with Crippen LogP contribution in [0.1, 0.15) is 277 Å². The van der Waals surface area contributed by atoms with Crippen LogP contribution in [0.25, 0.3) is 0 Å². The molecule has 0 aromatic rings. The van der Waals surface area contributed by atoms with Gasteiger partial charge in [0.05, 0.1) is 6.61 Å². The highest BCUT2D eigenvalue weighted by Gasteiger charge is 2.16. The Hall–Kier alpha value is -1.62. The highest BCUT2D eigenvalue weighted by Crippen LogP contribution is 2.17. The summed E-state index contributed by atoms with van der Waals surface area (Å²) in [6.45, 7) is 4.15. The molecule has 0 aromatic heterocycles. The number of hydrogen-bond acceptors (Lipinski definition) is 5. The van der Waals surface area contributed by atoms with Crippen LogP contribution >= 0.6 is 0 Å². The van der Waals surface area contributed by atoms with E-state index < -0.39 is 6.10 Å². The van der Waals surface area contributed by atoms with Crippen molar-refractivity contribution in [2.75, 3.05) is 13.2 Å². The van der Waals surface area contributed by atoms with E-state index in [1.54, 1.807) is 0 Å². The predicted molar refractivity (Wildman–Crippen MR) is 247 cm³/mol. The van der Waals surface area contributed by atoms with Crippen molar-refractivity contribution < 1.29 is 24.2 Å². The fraction of sp³-hybridized carbons (Fsp3) is 0.885. The Morgan fingerprint density at radius 1 is 0.404 bits per heavy atom. The van der Waals surface area contributed by atoms with E-state index in [4.69, 9.17) is 9.47 Å². The Balaban J connectivity index is 3.44. The third-order valence-electron chi connectivity index (χ3n) is 11.5. The van der Waals surface area contributed by atoms with Crippen LogP contribution < -0.4 is 0 Å². The molecule has 1 N–H and O–H groups in total. The van der Waals surface area contributed by atoms with E-state index in [0.29, 0.717) is 12.8 Å². The molecule has 0 amide bonds. The molecule has 0 aromatic carbocycles. The van der Waals surface area contributed by atoms with Gasteiger partial charge in [-0.2, -0.15) is 0 Å². The molecule has 0 radical (unpaired) electrons. The topological polar surface area (TPSA) is 72.8 Å². The van der Waals surface area contributed by atoms with E-state index in [1.165, 1.54) is 205 Å². The molecule has 1 atom stereocenters. The van der Waals surface area contributed by atoms with Crippen molar-refractivity contribution in [3.63, 3.8) is 0 Å². The molecule has 0 rings (SSSR count). The van der Waals surface area contributed by atoms with Crippen LogP contribution in [0, 0.1) is 0 Å².